The van der Waals surface area contributed by atoms with Crippen molar-refractivity contribution in [3.8, 4) is 0 Å². The quantitative estimate of drug-likeness (QED) is 0.546. The van der Waals surface area contributed by atoms with Crippen LogP contribution in [-0.2, 0) is 16.1 Å². The highest BCUT2D eigenvalue weighted by Gasteiger charge is 2.37. The van der Waals surface area contributed by atoms with Gasteiger partial charge in [-0.15, -0.1) is 0 Å². The van der Waals surface area contributed by atoms with Crippen LogP contribution >= 0.6 is 0 Å². The summed E-state index contributed by atoms with van der Waals surface area (Å²) >= 11 is 0. The Morgan fingerprint density at radius 2 is 1.74 bits per heavy atom. The Morgan fingerprint density at radius 3 is 2.42 bits per heavy atom. The van der Waals surface area contributed by atoms with E-state index >= 15 is 0 Å². The first-order chi connectivity index (χ1) is 14.9. The third-order valence-corrected chi connectivity index (χ3v) is 6.07. The number of para-hydroxylation sites is 2. The molecule has 2 heterocycles. The molecule has 2 aromatic carbocycles. The number of piperazine rings is 1. The van der Waals surface area contributed by atoms with Crippen molar-refractivity contribution >= 4 is 23.2 Å². The molecule has 8 nitrogen and oxygen atoms in total. The Labute approximate surface area is 181 Å². The number of benzene rings is 2. The smallest absolute Gasteiger partial charge is 0.292 e. The zero-order valence-electron chi connectivity index (χ0n) is 17.6. The number of aryl methyl sites for hydroxylation is 1. The van der Waals surface area contributed by atoms with Crippen LogP contribution in [0, 0.1) is 23.0 Å². The van der Waals surface area contributed by atoms with Crippen molar-refractivity contribution < 1.29 is 14.5 Å². The Balaban J connectivity index is 1.34. The standard InChI is InChI=1S/C23H26N4O4/c1-17-6-8-18(9-7-17)15-26-16-19(14-22(26)28)23(29)25-12-10-24(11-13-25)20-4-2-3-5-21(20)27(30)31/h2-9,19H,10-16H2,1H3. The minimum atomic E-state index is -0.375. The molecule has 0 aliphatic carbocycles. The van der Waals surface area contributed by atoms with Crippen molar-refractivity contribution in [3.63, 3.8) is 0 Å². The fourth-order valence-corrected chi connectivity index (χ4v) is 4.32. The van der Waals surface area contributed by atoms with Crippen LogP contribution in [0.1, 0.15) is 17.5 Å². The molecular weight excluding hydrogens is 396 g/mol. The first kappa shape index (κ1) is 20.8. The zero-order valence-corrected chi connectivity index (χ0v) is 17.6. The fourth-order valence-electron chi connectivity index (χ4n) is 4.32. The van der Waals surface area contributed by atoms with Gasteiger partial charge in [-0.25, -0.2) is 0 Å². The second-order valence-electron chi connectivity index (χ2n) is 8.22. The summed E-state index contributed by atoms with van der Waals surface area (Å²) in [6.45, 7) is 5.04. The highest BCUT2D eigenvalue weighted by Crippen LogP contribution is 2.29. The first-order valence-electron chi connectivity index (χ1n) is 10.5. The van der Waals surface area contributed by atoms with Crippen molar-refractivity contribution in [2.24, 2.45) is 5.92 Å². The molecule has 0 radical (unpaired) electrons. The van der Waals surface area contributed by atoms with E-state index in [0.717, 1.165) is 5.56 Å². The number of nitro groups is 1. The van der Waals surface area contributed by atoms with E-state index in [9.17, 15) is 19.7 Å². The van der Waals surface area contributed by atoms with Gasteiger partial charge in [-0.3, -0.25) is 19.7 Å². The lowest BCUT2D eigenvalue weighted by molar-refractivity contribution is -0.384. The van der Waals surface area contributed by atoms with E-state index in [-0.39, 0.29) is 34.8 Å². The normalized spacial score (nSPS) is 19.1. The van der Waals surface area contributed by atoms with Gasteiger partial charge in [-0.1, -0.05) is 42.0 Å². The van der Waals surface area contributed by atoms with Gasteiger partial charge in [0.1, 0.15) is 5.69 Å². The molecule has 2 saturated heterocycles. The van der Waals surface area contributed by atoms with Crippen molar-refractivity contribution in [3.05, 3.63) is 69.8 Å². The second-order valence-corrected chi connectivity index (χ2v) is 8.22. The van der Waals surface area contributed by atoms with E-state index in [1.165, 1.54) is 11.6 Å². The molecule has 2 aliphatic heterocycles. The Morgan fingerprint density at radius 1 is 1.06 bits per heavy atom. The minimum absolute atomic E-state index is 0.00182. The van der Waals surface area contributed by atoms with Gasteiger partial charge in [0, 0.05) is 51.8 Å². The van der Waals surface area contributed by atoms with Crippen LogP contribution in [0.2, 0.25) is 0 Å². The summed E-state index contributed by atoms with van der Waals surface area (Å²) in [6, 6.07) is 14.8. The fraction of sp³-hybridized carbons (Fsp3) is 0.391. The van der Waals surface area contributed by atoms with Gasteiger partial charge < -0.3 is 14.7 Å². The monoisotopic (exact) mass is 422 g/mol. The van der Waals surface area contributed by atoms with E-state index < -0.39 is 0 Å². The van der Waals surface area contributed by atoms with E-state index in [0.29, 0.717) is 45.0 Å². The molecule has 1 atom stereocenters. The molecule has 2 fully saturated rings. The topological polar surface area (TPSA) is 87.0 Å². The summed E-state index contributed by atoms with van der Waals surface area (Å²) in [7, 11) is 0. The van der Waals surface area contributed by atoms with Gasteiger partial charge >= 0.3 is 0 Å². The maximum atomic E-state index is 13.0. The summed E-state index contributed by atoms with van der Waals surface area (Å²) < 4.78 is 0. The maximum absolute atomic E-state index is 13.0. The number of likely N-dealkylation sites (tertiary alicyclic amines) is 1. The molecule has 0 N–H and O–H groups in total. The van der Waals surface area contributed by atoms with Crippen molar-refractivity contribution in [1.29, 1.82) is 0 Å². The van der Waals surface area contributed by atoms with Gasteiger partial charge in [-0.05, 0) is 18.6 Å². The maximum Gasteiger partial charge on any atom is 0.292 e. The number of carbonyl (C=O) groups excluding carboxylic acids is 2. The molecular formula is C23H26N4O4. The largest absolute Gasteiger partial charge is 0.362 e. The third-order valence-electron chi connectivity index (χ3n) is 6.07. The van der Waals surface area contributed by atoms with Crippen LogP contribution in [-0.4, -0.2) is 59.3 Å². The summed E-state index contributed by atoms with van der Waals surface area (Å²) in [5.41, 5.74) is 2.89. The molecule has 0 saturated carbocycles. The van der Waals surface area contributed by atoms with Gasteiger partial charge in [0.25, 0.3) is 5.69 Å². The lowest BCUT2D eigenvalue weighted by Gasteiger charge is -2.36. The number of carbonyl (C=O) groups is 2. The van der Waals surface area contributed by atoms with Gasteiger partial charge in [0.15, 0.2) is 0 Å². The molecule has 8 heteroatoms. The summed E-state index contributed by atoms with van der Waals surface area (Å²) in [6.07, 6.45) is 0.245. The highest BCUT2D eigenvalue weighted by atomic mass is 16.6. The molecule has 2 aliphatic rings. The number of hydrogen-bond acceptors (Lipinski definition) is 5. The summed E-state index contributed by atoms with van der Waals surface area (Å²) in [5.74, 6) is -0.310. The van der Waals surface area contributed by atoms with Crippen LogP contribution < -0.4 is 4.90 Å². The first-order valence-corrected chi connectivity index (χ1v) is 10.5. The molecule has 31 heavy (non-hydrogen) atoms. The van der Waals surface area contributed by atoms with Gasteiger partial charge in [-0.2, -0.15) is 0 Å². The lowest BCUT2D eigenvalue weighted by atomic mass is 10.1. The number of hydrogen-bond donors (Lipinski definition) is 0. The molecule has 4 rings (SSSR count). The zero-order chi connectivity index (χ0) is 22.0. The molecule has 0 spiro atoms. The molecule has 162 valence electrons. The summed E-state index contributed by atoms with van der Waals surface area (Å²) in [5, 5.41) is 11.3. The van der Waals surface area contributed by atoms with E-state index in [1.54, 1.807) is 28.0 Å². The van der Waals surface area contributed by atoms with Crippen molar-refractivity contribution in [2.75, 3.05) is 37.6 Å². The highest BCUT2D eigenvalue weighted by molar-refractivity contribution is 5.89. The van der Waals surface area contributed by atoms with Gasteiger partial charge in [0.2, 0.25) is 11.8 Å². The average molecular weight is 422 g/mol. The predicted octanol–water partition coefficient (Wildman–Crippen LogP) is 2.60. The SMILES string of the molecule is Cc1ccc(CN2CC(C(=O)N3CCN(c4ccccc4[N+](=O)[O-])CC3)CC2=O)cc1. The van der Waals surface area contributed by atoms with E-state index in [1.807, 2.05) is 36.1 Å². The second kappa shape index (κ2) is 8.75. The Kier molecular flexibility index (Phi) is 5.88. The molecule has 2 aromatic rings. The molecule has 1 unspecified atom stereocenters. The van der Waals surface area contributed by atoms with Crippen molar-refractivity contribution in [2.45, 2.75) is 19.9 Å². The van der Waals surface area contributed by atoms with Crippen LogP contribution in [0.4, 0.5) is 11.4 Å². The van der Waals surface area contributed by atoms with Crippen LogP contribution in [0.5, 0.6) is 0 Å². The van der Waals surface area contributed by atoms with Crippen molar-refractivity contribution in [1.82, 2.24) is 9.80 Å². The summed E-state index contributed by atoms with van der Waals surface area (Å²) in [4.78, 5) is 41.9. The third kappa shape index (κ3) is 4.52. The lowest BCUT2D eigenvalue weighted by Crippen LogP contribution is -2.50. The molecule has 0 bridgehead atoms. The Hall–Kier alpha value is -3.42. The van der Waals surface area contributed by atoms with E-state index in [4.69, 9.17) is 0 Å². The number of anilines is 1. The minimum Gasteiger partial charge on any atom is -0.362 e. The Bertz CT molecular complexity index is 983. The van der Waals surface area contributed by atoms with Crippen LogP contribution in [0.3, 0.4) is 0 Å². The predicted molar refractivity (Wildman–Crippen MR) is 117 cm³/mol. The number of rotatable bonds is 5. The molecule has 0 aromatic heterocycles. The number of amides is 2. The van der Waals surface area contributed by atoms with Crippen LogP contribution in [0.15, 0.2) is 48.5 Å². The average Bonchev–Trinajstić information content (AvgIpc) is 3.15. The number of nitro benzene ring substituents is 1. The molecule has 2 amide bonds. The van der Waals surface area contributed by atoms with E-state index in [2.05, 4.69) is 0 Å². The van der Waals surface area contributed by atoms with Crippen LogP contribution in [0.25, 0.3) is 0 Å². The van der Waals surface area contributed by atoms with Gasteiger partial charge in [0.05, 0.1) is 10.8 Å². The number of nitrogens with zero attached hydrogens (tertiary/aromatic N) is 4.